The van der Waals surface area contributed by atoms with Gasteiger partial charge >= 0.3 is 0 Å². The van der Waals surface area contributed by atoms with E-state index < -0.39 is 0 Å². The van der Waals surface area contributed by atoms with Crippen LogP contribution in [0, 0.1) is 5.82 Å². The summed E-state index contributed by atoms with van der Waals surface area (Å²) in [4.78, 5) is 18.6. The molecule has 0 aliphatic carbocycles. The first kappa shape index (κ1) is 19.3. The van der Waals surface area contributed by atoms with Crippen molar-refractivity contribution in [1.29, 1.82) is 0 Å². The van der Waals surface area contributed by atoms with E-state index in [0.29, 0.717) is 40.7 Å². The monoisotopic (exact) mass is 448 g/mol. The lowest BCUT2D eigenvalue weighted by Crippen LogP contribution is -2.20. The number of hydrogen-bond acceptors (Lipinski definition) is 5. The summed E-state index contributed by atoms with van der Waals surface area (Å²) in [7, 11) is 0. The maximum atomic E-state index is 13.9. The fraction of sp³-hybridized carbons (Fsp3) is 0.217. The van der Waals surface area contributed by atoms with Crippen molar-refractivity contribution < 1.29 is 9.13 Å². The van der Waals surface area contributed by atoms with Gasteiger partial charge in [0, 0.05) is 35.9 Å². The highest BCUT2D eigenvalue weighted by molar-refractivity contribution is 6.30. The van der Waals surface area contributed by atoms with E-state index in [1.54, 1.807) is 23.2 Å². The molecule has 4 heterocycles. The fourth-order valence-electron chi connectivity index (χ4n) is 4.26. The van der Waals surface area contributed by atoms with E-state index in [-0.39, 0.29) is 11.9 Å². The molecular weight excluding hydrogens is 431 g/mol. The van der Waals surface area contributed by atoms with Gasteiger partial charge in [-0.3, -0.25) is 4.57 Å². The molecule has 9 heteroatoms. The summed E-state index contributed by atoms with van der Waals surface area (Å²) in [5.41, 5.74) is 3.60. The van der Waals surface area contributed by atoms with Crippen molar-refractivity contribution in [3.63, 3.8) is 0 Å². The van der Waals surface area contributed by atoms with Crippen LogP contribution in [0.2, 0.25) is 5.02 Å². The van der Waals surface area contributed by atoms with Crippen LogP contribution < -0.4 is 0 Å². The number of rotatable bonds is 3. The van der Waals surface area contributed by atoms with E-state index in [0.717, 1.165) is 29.9 Å². The van der Waals surface area contributed by atoms with Crippen LogP contribution in [0.3, 0.4) is 0 Å². The number of aromatic nitrogens is 6. The third-order valence-electron chi connectivity index (χ3n) is 5.78. The first-order chi connectivity index (χ1) is 15.7. The lowest BCUT2D eigenvalue weighted by Gasteiger charge is -2.25. The average Bonchev–Trinajstić information content (AvgIpc) is 3.40. The molecule has 1 saturated heterocycles. The summed E-state index contributed by atoms with van der Waals surface area (Å²) in [6.07, 6.45) is 5.03. The molecule has 0 radical (unpaired) electrons. The lowest BCUT2D eigenvalue weighted by atomic mass is 10.1. The van der Waals surface area contributed by atoms with E-state index >= 15 is 0 Å². The Morgan fingerprint density at radius 3 is 2.72 bits per heavy atom. The third kappa shape index (κ3) is 3.23. The van der Waals surface area contributed by atoms with Crippen molar-refractivity contribution in [2.75, 3.05) is 13.2 Å². The number of fused-ring (bicyclic) bond motifs is 2. The van der Waals surface area contributed by atoms with Gasteiger partial charge in [-0.15, -0.1) is 0 Å². The highest BCUT2D eigenvalue weighted by atomic mass is 35.5. The SMILES string of the molecule is Fc1ccc2ncn(-c3ncc4nc(-c5cccc(Cl)c5)n(C5CCOCC5)c4n3)c2c1. The number of hydrogen-bond donors (Lipinski definition) is 0. The van der Waals surface area contributed by atoms with Gasteiger partial charge in [0.15, 0.2) is 5.65 Å². The number of ether oxygens (including phenoxy) is 1. The standard InChI is InChI=1S/C23H18ClFN6O/c24-15-3-1-2-14(10-15)21-28-19-12-26-23(29-22(19)31(21)17-6-8-32-9-7-17)30-13-27-18-5-4-16(25)11-20(18)30/h1-5,10-13,17H,6-9H2. The largest absolute Gasteiger partial charge is 0.381 e. The molecule has 0 amide bonds. The van der Waals surface area contributed by atoms with Crippen LogP contribution in [-0.2, 0) is 4.74 Å². The number of nitrogens with zero attached hydrogens (tertiary/aromatic N) is 6. The van der Waals surface area contributed by atoms with Crippen LogP contribution in [-0.4, -0.2) is 42.3 Å². The predicted octanol–water partition coefficient (Wildman–Crippen LogP) is 4.98. The second-order valence-corrected chi connectivity index (χ2v) is 8.22. The van der Waals surface area contributed by atoms with Crippen molar-refractivity contribution in [3.8, 4) is 17.3 Å². The van der Waals surface area contributed by atoms with Gasteiger partial charge in [-0.2, -0.15) is 4.98 Å². The zero-order valence-electron chi connectivity index (χ0n) is 16.9. The maximum absolute atomic E-state index is 13.9. The van der Waals surface area contributed by atoms with E-state index in [1.165, 1.54) is 12.1 Å². The van der Waals surface area contributed by atoms with Gasteiger partial charge in [-0.1, -0.05) is 23.7 Å². The molecule has 0 N–H and O–H groups in total. The van der Waals surface area contributed by atoms with Crippen molar-refractivity contribution >= 4 is 33.8 Å². The molecule has 160 valence electrons. The third-order valence-corrected chi connectivity index (χ3v) is 6.02. The smallest absolute Gasteiger partial charge is 0.237 e. The van der Waals surface area contributed by atoms with Crippen molar-refractivity contribution in [3.05, 3.63) is 65.8 Å². The van der Waals surface area contributed by atoms with Gasteiger partial charge in [-0.05, 0) is 37.1 Å². The molecule has 7 nitrogen and oxygen atoms in total. The van der Waals surface area contributed by atoms with Gasteiger partial charge in [0.25, 0.3) is 0 Å². The highest BCUT2D eigenvalue weighted by Crippen LogP contribution is 2.33. The second-order valence-electron chi connectivity index (χ2n) is 7.79. The van der Waals surface area contributed by atoms with Crippen molar-refractivity contribution in [2.45, 2.75) is 18.9 Å². The molecular formula is C23H18ClFN6O. The Kier molecular flexibility index (Phi) is 4.62. The Hall–Kier alpha value is -3.36. The van der Waals surface area contributed by atoms with Crippen LogP contribution in [0.1, 0.15) is 18.9 Å². The normalized spacial score (nSPS) is 15.1. The number of benzene rings is 2. The predicted molar refractivity (Wildman–Crippen MR) is 119 cm³/mol. The molecule has 0 spiro atoms. The van der Waals surface area contributed by atoms with Gasteiger partial charge in [-0.25, -0.2) is 19.3 Å². The van der Waals surface area contributed by atoms with E-state index in [4.69, 9.17) is 26.3 Å². The molecule has 1 fully saturated rings. The van der Waals surface area contributed by atoms with E-state index in [1.807, 2.05) is 24.3 Å². The minimum atomic E-state index is -0.337. The Labute approximate surface area is 187 Å². The minimum Gasteiger partial charge on any atom is -0.381 e. The van der Waals surface area contributed by atoms with Gasteiger partial charge in [0.05, 0.1) is 17.2 Å². The van der Waals surface area contributed by atoms with E-state index in [2.05, 4.69) is 14.5 Å². The van der Waals surface area contributed by atoms with Crippen LogP contribution in [0.25, 0.3) is 39.5 Å². The molecule has 1 aliphatic heterocycles. The van der Waals surface area contributed by atoms with Gasteiger partial charge < -0.3 is 9.30 Å². The molecule has 2 aromatic carbocycles. The molecule has 0 bridgehead atoms. The second kappa shape index (κ2) is 7.65. The Morgan fingerprint density at radius 2 is 1.88 bits per heavy atom. The maximum Gasteiger partial charge on any atom is 0.237 e. The molecule has 3 aromatic heterocycles. The van der Waals surface area contributed by atoms with Crippen molar-refractivity contribution in [2.24, 2.45) is 0 Å². The van der Waals surface area contributed by atoms with Crippen LogP contribution in [0.4, 0.5) is 4.39 Å². The van der Waals surface area contributed by atoms with Crippen LogP contribution in [0.15, 0.2) is 55.0 Å². The summed E-state index contributed by atoms with van der Waals surface area (Å²) >= 11 is 6.27. The summed E-state index contributed by atoms with van der Waals surface area (Å²) < 4.78 is 23.3. The zero-order chi connectivity index (χ0) is 21.7. The minimum absolute atomic E-state index is 0.183. The highest BCUT2D eigenvalue weighted by Gasteiger charge is 2.24. The molecule has 1 aliphatic rings. The van der Waals surface area contributed by atoms with Crippen LogP contribution >= 0.6 is 11.6 Å². The Morgan fingerprint density at radius 1 is 1.00 bits per heavy atom. The summed E-state index contributed by atoms with van der Waals surface area (Å²) in [6, 6.07) is 12.3. The first-order valence-corrected chi connectivity index (χ1v) is 10.8. The number of halogens is 2. The Bertz CT molecular complexity index is 1460. The first-order valence-electron chi connectivity index (χ1n) is 10.4. The summed E-state index contributed by atoms with van der Waals surface area (Å²) in [6.45, 7) is 1.37. The molecule has 0 unspecified atom stereocenters. The molecule has 5 aromatic rings. The molecule has 32 heavy (non-hydrogen) atoms. The van der Waals surface area contributed by atoms with Gasteiger partial charge in [0.1, 0.15) is 23.5 Å². The number of imidazole rings is 2. The van der Waals surface area contributed by atoms with Gasteiger partial charge in [0.2, 0.25) is 5.95 Å². The molecule has 0 atom stereocenters. The quantitative estimate of drug-likeness (QED) is 0.389. The Balaban J connectivity index is 1.57. The fourth-order valence-corrected chi connectivity index (χ4v) is 4.45. The summed E-state index contributed by atoms with van der Waals surface area (Å²) in [5, 5.41) is 0.645. The molecule has 6 rings (SSSR count). The molecule has 0 saturated carbocycles. The zero-order valence-corrected chi connectivity index (χ0v) is 17.7. The average molecular weight is 449 g/mol. The van der Waals surface area contributed by atoms with Crippen molar-refractivity contribution in [1.82, 2.24) is 29.1 Å². The summed E-state index contributed by atoms with van der Waals surface area (Å²) in [5.74, 6) is 0.870. The lowest BCUT2D eigenvalue weighted by molar-refractivity contribution is 0.0708. The van der Waals surface area contributed by atoms with E-state index in [9.17, 15) is 4.39 Å². The topological polar surface area (TPSA) is 70.7 Å². The van der Waals surface area contributed by atoms with Crippen LogP contribution in [0.5, 0.6) is 0 Å².